The molecule has 2 unspecified atom stereocenters. The first-order chi connectivity index (χ1) is 7.09. The Balaban J connectivity index is 2.81. The van der Waals surface area contributed by atoms with Crippen LogP contribution in [0.25, 0.3) is 0 Å². The average Bonchev–Trinajstić information content (AvgIpc) is 2.29. The second kappa shape index (κ2) is 5.34. The van der Waals surface area contributed by atoms with E-state index in [0.29, 0.717) is 6.04 Å². The second-order valence-corrected chi connectivity index (χ2v) is 4.98. The molecule has 15 heavy (non-hydrogen) atoms. The lowest BCUT2D eigenvalue weighted by atomic mass is 9.79. The molecule has 1 heteroatoms. The van der Waals surface area contributed by atoms with Crippen LogP contribution >= 0.6 is 0 Å². The van der Waals surface area contributed by atoms with Crippen LogP contribution in [0.15, 0.2) is 30.5 Å². The van der Waals surface area contributed by atoms with Gasteiger partial charge in [-0.3, -0.25) is 0 Å². The first-order valence-electron chi connectivity index (χ1n) is 5.84. The summed E-state index contributed by atoms with van der Waals surface area (Å²) in [5, 5.41) is 3.53. The highest BCUT2D eigenvalue weighted by Gasteiger charge is 2.23. The fraction of sp³-hybridized carbons (Fsp3) is 0.643. The third kappa shape index (κ3) is 3.70. The van der Waals surface area contributed by atoms with E-state index in [9.17, 15) is 0 Å². The summed E-state index contributed by atoms with van der Waals surface area (Å²) in [5.41, 5.74) is 4.66. The molecule has 0 radical (unpaired) electrons. The predicted octanol–water partition coefficient (Wildman–Crippen LogP) is 3.44. The van der Waals surface area contributed by atoms with Crippen molar-refractivity contribution in [2.45, 2.75) is 45.6 Å². The van der Waals surface area contributed by atoms with Gasteiger partial charge in [0.1, 0.15) is 0 Å². The molecule has 1 N–H and O–H groups in total. The first kappa shape index (κ1) is 12.3. The maximum atomic E-state index is 3.96. The van der Waals surface area contributed by atoms with Crippen LogP contribution in [0.4, 0.5) is 0 Å². The molecule has 0 saturated carbocycles. The molecule has 1 aliphatic heterocycles. The molecule has 0 aromatic heterocycles. The molecule has 2 atom stereocenters. The topological polar surface area (TPSA) is 12.0 Å². The fourth-order valence-corrected chi connectivity index (χ4v) is 2.24. The van der Waals surface area contributed by atoms with Gasteiger partial charge in [-0.05, 0) is 50.1 Å². The molecule has 1 nitrogen and oxygen atoms in total. The monoisotopic (exact) mass is 205 g/mol. The van der Waals surface area contributed by atoms with Crippen molar-refractivity contribution in [3.05, 3.63) is 30.5 Å². The molecule has 0 amide bonds. The van der Waals surface area contributed by atoms with E-state index >= 15 is 0 Å². The lowest BCUT2D eigenvalue weighted by Gasteiger charge is -2.25. The van der Waals surface area contributed by atoms with Crippen molar-refractivity contribution in [3.8, 4) is 0 Å². The summed E-state index contributed by atoms with van der Waals surface area (Å²) in [6.07, 6.45) is 6.64. The molecule has 0 spiro atoms. The summed E-state index contributed by atoms with van der Waals surface area (Å²) in [7, 11) is 0. The standard InChI is InChI=1S/C14H23N/c1-5-13-10-12(3)15-9-7-8-14(4,6-2)11-13/h6,12,15H,1-2,7-11H2,3-4H3. The summed E-state index contributed by atoms with van der Waals surface area (Å²) >= 11 is 0. The lowest BCUT2D eigenvalue weighted by Crippen LogP contribution is -2.26. The van der Waals surface area contributed by atoms with Gasteiger partial charge in [0.05, 0.1) is 0 Å². The Morgan fingerprint density at radius 1 is 1.60 bits per heavy atom. The highest BCUT2D eigenvalue weighted by Crippen LogP contribution is 2.34. The molecule has 1 fully saturated rings. The number of hydrogen-bond donors (Lipinski definition) is 1. The Morgan fingerprint density at radius 2 is 2.33 bits per heavy atom. The summed E-state index contributed by atoms with van der Waals surface area (Å²) in [6, 6.07) is 0.543. The molecular formula is C14H23N. The van der Waals surface area contributed by atoms with Crippen molar-refractivity contribution < 1.29 is 0 Å². The van der Waals surface area contributed by atoms with Crippen molar-refractivity contribution in [3.63, 3.8) is 0 Å². The van der Waals surface area contributed by atoms with Gasteiger partial charge in [-0.25, -0.2) is 0 Å². The smallest absolute Gasteiger partial charge is 0.00820 e. The van der Waals surface area contributed by atoms with Gasteiger partial charge in [0.15, 0.2) is 0 Å². The minimum atomic E-state index is 0.228. The highest BCUT2D eigenvalue weighted by molar-refractivity contribution is 5.09. The fourth-order valence-electron chi connectivity index (χ4n) is 2.24. The van der Waals surface area contributed by atoms with Gasteiger partial charge in [0.2, 0.25) is 0 Å². The molecule has 0 aromatic rings. The minimum absolute atomic E-state index is 0.228. The van der Waals surface area contributed by atoms with Crippen LogP contribution in [-0.2, 0) is 0 Å². The maximum absolute atomic E-state index is 3.96. The normalized spacial score (nSPS) is 33.5. The van der Waals surface area contributed by atoms with Crippen molar-refractivity contribution in [2.24, 2.45) is 5.41 Å². The van der Waals surface area contributed by atoms with E-state index in [-0.39, 0.29) is 5.41 Å². The molecule has 1 rings (SSSR count). The predicted molar refractivity (Wildman–Crippen MR) is 66.9 cm³/mol. The number of allylic oxidation sites excluding steroid dienone is 1. The summed E-state index contributed by atoms with van der Waals surface area (Å²) in [6.45, 7) is 13.4. The van der Waals surface area contributed by atoms with Gasteiger partial charge in [-0.1, -0.05) is 19.6 Å². The van der Waals surface area contributed by atoms with Crippen molar-refractivity contribution >= 4 is 0 Å². The van der Waals surface area contributed by atoms with Gasteiger partial charge in [0, 0.05) is 6.04 Å². The van der Waals surface area contributed by atoms with E-state index in [4.69, 9.17) is 0 Å². The van der Waals surface area contributed by atoms with Gasteiger partial charge >= 0.3 is 0 Å². The zero-order valence-electron chi connectivity index (χ0n) is 10.1. The van der Waals surface area contributed by atoms with Gasteiger partial charge in [-0.2, -0.15) is 0 Å². The van der Waals surface area contributed by atoms with Crippen LogP contribution in [0, 0.1) is 5.41 Å². The SMILES string of the molecule is C=C=C1CC(C)NCCCC(C)(C=C)C1. The minimum Gasteiger partial charge on any atom is -0.314 e. The molecule has 1 saturated heterocycles. The van der Waals surface area contributed by atoms with E-state index in [1.807, 2.05) is 0 Å². The molecule has 0 aromatic carbocycles. The summed E-state index contributed by atoms with van der Waals surface area (Å²) in [4.78, 5) is 0. The molecule has 0 aliphatic carbocycles. The van der Waals surface area contributed by atoms with Gasteiger partial charge < -0.3 is 5.32 Å². The highest BCUT2D eigenvalue weighted by atomic mass is 14.9. The van der Waals surface area contributed by atoms with Crippen LogP contribution in [0.3, 0.4) is 0 Å². The quantitative estimate of drug-likeness (QED) is 0.511. The second-order valence-electron chi connectivity index (χ2n) is 4.98. The van der Waals surface area contributed by atoms with Gasteiger partial charge in [0.25, 0.3) is 0 Å². The van der Waals surface area contributed by atoms with Crippen LogP contribution in [0.1, 0.15) is 39.5 Å². The van der Waals surface area contributed by atoms with E-state index in [2.05, 4.69) is 44.1 Å². The largest absolute Gasteiger partial charge is 0.314 e. The average molecular weight is 205 g/mol. The Kier molecular flexibility index (Phi) is 4.38. The molecule has 0 bridgehead atoms. The molecular weight excluding hydrogens is 182 g/mol. The van der Waals surface area contributed by atoms with E-state index < -0.39 is 0 Å². The third-order valence-corrected chi connectivity index (χ3v) is 3.33. The maximum Gasteiger partial charge on any atom is 0.00820 e. The first-order valence-corrected chi connectivity index (χ1v) is 5.84. The number of nitrogens with one attached hydrogen (secondary N) is 1. The molecule has 84 valence electrons. The van der Waals surface area contributed by atoms with Crippen LogP contribution in [0.2, 0.25) is 0 Å². The van der Waals surface area contributed by atoms with Crippen LogP contribution in [-0.4, -0.2) is 12.6 Å². The molecule has 1 aliphatic rings. The van der Waals surface area contributed by atoms with Crippen LogP contribution in [0.5, 0.6) is 0 Å². The van der Waals surface area contributed by atoms with Crippen LogP contribution < -0.4 is 5.32 Å². The number of rotatable bonds is 1. The lowest BCUT2D eigenvalue weighted by molar-refractivity contribution is 0.378. The van der Waals surface area contributed by atoms with Crippen molar-refractivity contribution in [2.75, 3.05) is 6.54 Å². The Morgan fingerprint density at radius 3 is 2.93 bits per heavy atom. The summed E-state index contributed by atoms with van der Waals surface area (Å²) in [5.74, 6) is 0. The van der Waals surface area contributed by atoms with E-state index in [1.165, 1.54) is 18.4 Å². The van der Waals surface area contributed by atoms with Crippen molar-refractivity contribution in [1.29, 1.82) is 0 Å². The Bertz CT molecular complexity index is 273. The zero-order chi connectivity index (χ0) is 11.3. The van der Waals surface area contributed by atoms with Gasteiger partial charge in [-0.15, -0.1) is 12.3 Å². The molecule has 1 heterocycles. The van der Waals surface area contributed by atoms with E-state index in [1.54, 1.807) is 0 Å². The Hall–Kier alpha value is -0.780. The number of hydrogen-bond acceptors (Lipinski definition) is 1. The van der Waals surface area contributed by atoms with Crippen molar-refractivity contribution in [1.82, 2.24) is 5.32 Å². The summed E-state index contributed by atoms with van der Waals surface area (Å²) < 4.78 is 0. The van der Waals surface area contributed by atoms with E-state index in [0.717, 1.165) is 19.4 Å². The Labute approximate surface area is 94.0 Å². The zero-order valence-corrected chi connectivity index (χ0v) is 10.1. The third-order valence-electron chi connectivity index (χ3n) is 3.33.